The van der Waals surface area contributed by atoms with Crippen LogP contribution in [-0.2, 0) is 0 Å². The van der Waals surface area contributed by atoms with Crippen molar-refractivity contribution in [2.75, 3.05) is 0 Å². The van der Waals surface area contributed by atoms with Crippen molar-refractivity contribution in [1.82, 2.24) is 0 Å². The molecule has 3 heteroatoms. The molecule has 0 aliphatic rings. The molecule has 0 fully saturated rings. The van der Waals surface area contributed by atoms with Gasteiger partial charge in [0, 0.05) is 0 Å². The normalized spacial score (nSPS) is 20.9. The lowest BCUT2D eigenvalue weighted by molar-refractivity contribution is 0.0903. The fraction of sp³-hybridized carbons (Fsp3) is 0.714. The van der Waals surface area contributed by atoms with Crippen molar-refractivity contribution in [2.45, 2.75) is 32.1 Å². The molecule has 10 heavy (non-hydrogen) atoms. The van der Waals surface area contributed by atoms with Crippen molar-refractivity contribution < 1.29 is 10.2 Å². The van der Waals surface area contributed by atoms with Crippen LogP contribution in [0.3, 0.4) is 0 Å². The molecular formula is C7H15NO2. The number of allylic oxidation sites excluding steroid dienone is 1. The molecular weight excluding hydrogens is 130 g/mol. The summed E-state index contributed by atoms with van der Waals surface area (Å²) >= 11 is 0. The number of rotatable bonds is 3. The molecule has 0 saturated carbocycles. The number of hydrogen-bond acceptors (Lipinski definition) is 3. The quantitative estimate of drug-likeness (QED) is 0.475. The van der Waals surface area contributed by atoms with E-state index >= 15 is 0 Å². The average molecular weight is 145 g/mol. The third-order valence-corrected chi connectivity index (χ3v) is 1.34. The largest absolute Gasteiger partial charge is 0.392 e. The second-order valence-corrected chi connectivity index (χ2v) is 2.33. The van der Waals surface area contributed by atoms with Crippen molar-refractivity contribution in [1.29, 1.82) is 0 Å². The molecule has 0 amide bonds. The highest BCUT2D eigenvalue weighted by atomic mass is 16.3. The zero-order valence-electron chi connectivity index (χ0n) is 6.36. The van der Waals surface area contributed by atoms with E-state index in [1.807, 2.05) is 0 Å². The SMILES string of the molecule is C/C=C/[C@H](O)[C@@H](N)[C@H](C)O. The summed E-state index contributed by atoms with van der Waals surface area (Å²) in [6.45, 7) is 3.34. The molecule has 0 aliphatic heterocycles. The van der Waals surface area contributed by atoms with Crippen LogP contribution in [0.1, 0.15) is 13.8 Å². The predicted molar refractivity (Wildman–Crippen MR) is 40.5 cm³/mol. The minimum absolute atomic E-state index is 0.587. The van der Waals surface area contributed by atoms with Crippen LogP contribution < -0.4 is 5.73 Å². The van der Waals surface area contributed by atoms with E-state index < -0.39 is 18.2 Å². The summed E-state index contributed by atoms with van der Waals surface area (Å²) in [5, 5.41) is 18.0. The molecule has 3 nitrogen and oxygen atoms in total. The molecule has 0 unspecified atom stereocenters. The Morgan fingerprint density at radius 2 is 1.90 bits per heavy atom. The Kier molecular flexibility index (Phi) is 4.27. The van der Waals surface area contributed by atoms with Gasteiger partial charge in [0.1, 0.15) is 0 Å². The van der Waals surface area contributed by atoms with Crippen LogP contribution in [0, 0.1) is 0 Å². The molecule has 0 aromatic carbocycles. The third kappa shape index (κ3) is 2.96. The number of aliphatic hydroxyl groups excluding tert-OH is 2. The molecule has 0 saturated heterocycles. The lowest BCUT2D eigenvalue weighted by Gasteiger charge is -2.17. The average Bonchev–Trinajstić information content (AvgIpc) is 1.87. The van der Waals surface area contributed by atoms with Crippen LogP contribution >= 0.6 is 0 Å². The molecule has 0 spiro atoms. The zero-order chi connectivity index (χ0) is 8.15. The maximum atomic E-state index is 9.12. The third-order valence-electron chi connectivity index (χ3n) is 1.34. The van der Waals surface area contributed by atoms with Crippen molar-refractivity contribution in [2.24, 2.45) is 5.73 Å². The molecule has 0 heterocycles. The maximum Gasteiger partial charge on any atom is 0.0896 e. The topological polar surface area (TPSA) is 66.5 Å². The highest BCUT2D eigenvalue weighted by molar-refractivity contribution is 4.93. The lowest BCUT2D eigenvalue weighted by atomic mass is 10.1. The number of aliphatic hydroxyl groups is 2. The number of hydrogen-bond donors (Lipinski definition) is 3. The summed E-state index contributed by atoms with van der Waals surface area (Å²) in [5.74, 6) is 0. The van der Waals surface area contributed by atoms with Crippen molar-refractivity contribution in [3.05, 3.63) is 12.2 Å². The van der Waals surface area contributed by atoms with Gasteiger partial charge in [-0.2, -0.15) is 0 Å². The van der Waals surface area contributed by atoms with Crippen LogP contribution in [-0.4, -0.2) is 28.5 Å². The Hall–Kier alpha value is -0.380. The summed E-state index contributed by atoms with van der Waals surface area (Å²) in [7, 11) is 0. The van der Waals surface area contributed by atoms with E-state index in [2.05, 4.69) is 0 Å². The second kappa shape index (κ2) is 4.44. The summed E-state index contributed by atoms with van der Waals surface area (Å²) in [6, 6.07) is -0.587. The minimum Gasteiger partial charge on any atom is -0.392 e. The highest BCUT2D eigenvalue weighted by Crippen LogP contribution is 1.97. The number of nitrogens with two attached hydrogens (primary N) is 1. The van der Waals surface area contributed by atoms with E-state index in [4.69, 9.17) is 15.9 Å². The Morgan fingerprint density at radius 3 is 2.20 bits per heavy atom. The maximum absolute atomic E-state index is 9.12. The van der Waals surface area contributed by atoms with Gasteiger partial charge in [-0.3, -0.25) is 0 Å². The summed E-state index contributed by atoms with van der Waals surface area (Å²) in [4.78, 5) is 0. The smallest absolute Gasteiger partial charge is 0.0896 e. The van der Waals surface area contributed by atoms with Crippen molar-refractivity contribution in [3.8, 4) is 0 Å². The molecule has 60 valence electrons. The van der Waals surface area contributed by atoms with Crippen LogP contribution in [0.4, 0.5) is 0 Å². The second-order valence-electron chi connectivity index (χ2n) is 2.33. The van der Waals surface area contributed by atoms with E-state index in [1.54, 1.807) is 26.0 Å². The van der Waals surface area contributed by atoms with Crippen molar-refractivity contribution in [3.63, 3.8) is 0 Å². The Labute approximate surface area is 61.2 Å². The van der Waals surface area contributed by atoms with Gasteiger partial charge in [0.25, 0.3) is 0 Å². The minimum atomic E-state index is -0.745. The summed E-state index contributed by atoms with van der Waals surface area (Å²) in [5.41, 5.74) is 5.39. The van der Waals surface area contributed by atoms with E-state index in [1.165, 1.54) is 0 Å². The van der Waals surface area contributed by atoms with Gasteiger partial charge in [0.05, 0.1) is 18.2 Å². The first-order chi connectivity index (χ1) is 4.59. The van der Waals surface area contributed by atoms with E-state index in [-0.39, 0.29) is 0 Å². The lowest BCUT2D eigenvalue weighted by Crippen LogP contribution is -2.42. The van der Waals surface area contributed by atoms with Gasteiger partial charge in [0.15, 0.2) is 0 Å². The fourth-order valence-corrected chi connectivity index (χ4v) is 0.611. The first-order valence-corrected chi connectivity index (χ1v) is 3.34. The van der Waals surface area contributed by atoms with Gasteiger partial charge in [-0.1, -0.05) is 12.2 Å². The van der Waals surface area contributed by atoms with E-state index in [9.17, 15) is 0 Å². The van der Waals surface area contributed by atoms with Crippen LogP contribution in [0.15, 0.2) is 12.2 Å². The molecule has 0 aliphatic carbocycles. The van der Waals surface area contributed by atoms with Gasteiger partial charge < -0.3 is 15.9 Å². The zero-order valence-corrected chi connectivity index (χ0v) is 6.36. The van der Waals surface area contributed by atoms with Crippen LogP contribution in [0.2, 0.25) is 0 Å². The molecule has 0 rings (SSSR count). The Balaban J connectivity index is 3.81. The summed E-state index contributed by atoms with van der Waals surface area (Å²) in [6.07, 6.45) is 1.83. The van der Waals surface area contributed by atoms with Gasteiger partial charge >= 0.3 is 0 Å². The van der Waals surface area contributed by atoms with Gasteiger partial charge in [-0.15, -0.1) is 0 Å². The molecule has 3 atom stereocenters. The van der Waals surface area contributed by atoms with Gasteiger partial charge in [-0.25, -0.2) is 0 Å². The molecule has 0 bridgehead atoms. The van der Waals surface area contributed by atoms with Crippen molar-refractivity contribution >= 4 is 0 Å². The molecule has 0 aromatic rings. The monoisotopic (exact) mass is 145 g/mol. The van der Waals surface area contributed by atoms with E-state index in [0.717, 1.165) is 0 Å². The molecule has 4 N–H and O–H groups in total. The molecule has 0 radical (unpaired) electrons. The fourth-order valence-electron chi connectivity index (χ4n) is 0.611. The standard InChI is InChI=1S/C7H15NO2/c1-3-4-6(10)7(8)5(2)9/h3-7,9-10H,8H2,1-2H3/b4-3+/t5-,6-,7-/m0/s1. The van der Waals surface area contributed by atoms with Crippen LogP contribution in [0.5, 0.6) is 0 Å². The first kappa shape index (κ1) is 9.62. The Bertz CT molecular complexity index is 112. The van der Waals surface area contributed by atoms with Gasteiger partial charge in [-0.05, 0) is 13.8 Å². The molecule has 0 aromatic heterocycles. The van der Waals surface area contributed by atoms with Gasteiger partial charge in [0.2, 0.25) is 0 Å². The first-order valence-electron chi connectivity index (χ1n) is 3.34. The van der Waals surface area contributed by atoms with Crippen LogP contribution in [0.25, 0.3) is 0 Å². The Morgan fingerprint density at radius 1 is 1.40 bits per heavy atom. The van der Waals surface area contributed by atoms with E-state index in [0.29, 0.717) is 0 Å². The predicted octanol–water partition coefficient (Wildman–Crippen LogP) is -0.368. The summed E-state index contributed by atoms with van der Waals surface area (Å²) < 4.78 is 0. The highest BCUT2D eigenvalue weighted by Gasteiger charge is 2.15.